The van der Waals surface area contributed by atoms with Gasteiger partial charge in [0.2, 0.25) is 5.91 Å². The van der Waals surface area contributed by atoms with Gasteiger partial charge in [-0.3, -0.25) is 14.8 Å². The number of piperazine rings is 1. The van der Waals surface area contributed by atoms with Gasteiger partial charge in [-0.05, 0) is 0 Å². The lowest BCUT2D eigenvalue weighted by atomic mass is 9.98. The molecule has 0 saturated carbocycles. The maximum absolute atomic E-state index is 12.5. The lowest BCUT2D eigenvalue weighted by molar-refractivity contribution is -0.132. The van der Waals surface area contributed by atoms with Gasteiger partial charge in [-0.25, -0.2) is 9.97 Å². The van der Waals surface area contributed by atoms with Crippen molar-refractivity contribution in [3.05, 3.63) is 28.2 Å². The fourth-order valence-corrected chi connectivity index (χ4v) is 3.58. The zero-order valence-corrected chi connectivity index (χ0v) is 15.3. The Labute approximate surface area is 146 Å². The summed E-state index contributed by atoms with van der Waals surface area (Å²) in [6, 6.07) is 0. The van der Waals surface area contributed by atoms with Crippen molar-refractivity contribution >= 4 is 17.2 Å². The number of H-pyrrole nitrogens is 1. The van der Waals surface area contributed by atoms with Crippen LogP contribution in [0.2, 0.25) is 0 Å². The molecule has 0 bridgehead atoms. The van der Waals surface area contributed by atoms with E-state index in [4.69, 9.17) is 0 Å². The van der Waals surface area contributed by atoms with Gasteiger partial charge in [-0.1, -0.05) is 20.8 Å². The number of nitrogens with one attached hydrogen (secondary N) is 1. The van der Waals surface area contributed by atoms with E-state index in [-0.39, 0.29) is 11.3 Å². The Balaban J connectivity index is 1.49. The first-order valence-corrected chi connectivity index (χ1v) is 9.09. The molecule has 1 amide bonds. The van der Waals surface area contributed by atoms with Crippen LogP contribution in [0.5, 0.6) is 0 Å². The average Bonchev–Trinajstić information content (AvgIpc) is 3.19. The summed E-state index contributed by atoms with van der Waals surface area (Å²) in [4.78, 5) is 25.5. The molecular formula is C16H24N6OS. The highest BCUT2D eigenvalue weighted by atomic mass is 32.1. The summed E-state index contributed by atoms with van der Waals surface area (Å²) in [7, 11) is 0. The predicted molar refractivity (Wildman–Crippen MR) is 92.8 cm³/mol. The second-order valence-corrected chi connectivity index (χ2v) is 8.02. The molecule has 0 aromatic carbocycles. The molecule has 1 N–H and O–H groups in total. The molecule has 2 aromatic rings. The van der Waals surface area contributed by atoms with Gasteiger partial charge in [0.15, 0.2) is 0 Å². The highest BCUT2D eigenvalue weighted by Crippen LogP contribution is 2.25. The average molecular weight is 348 g/mol. The number of hydrogen-bond donors (Lipinski definition) is 1. The monoisotopic (exact) mass is 348 g/mol. The number of aromatic amines is 1. The van der Waals surface area contributed by atoms with Crippen molar-refractivity contribution < 1.29 is 4.79 Å². The number of thiazole rings is 1. The minimum Gasteiger partial charge on any atom is -0.340 e. The molecule has 2 aromatic heterocycles. The van der Waals surface area contributed by atoms with Gasteiger partial charge in [-0.15, -0.1) is 11.3 Å². The molecule has 1 saturated heterocycles. The largest absolute Gasteiger partial charge is 0.340 e. The van der Waals surface area contributed by atoms with E-state index >= 15 is 0 Å². The maximum Gasteiger partial charge on any atom is 0.228 e. The summed E-state index contributed by atoms with van der Waals surface area (Å²) in [5.74, 6) is 1.03. The predicted octanol–water partition coefficient (Wildman–Crippen LogP) is 1.45. The smallest absolute Gasteiger partial charge is 0.228 e. The molecule has 24 heavy (non-hydrogen) atoms. The van der Waals surface area contributed by atoms with Crippen molar-refractivity contribution in [1.29, 1.82) is 0 Å². The zero-order chi connectivity index (χ0) is 17.2. The molecule has 7 nitrogen and oxygen atoms in total. The molecule has 8 heteroatoms. The van der Waals surface area contributed by atoms with Gasteiger partial charge in [0.25, 0.3) is 0 Å². The summed E-state index contributed by atoms with van der Waals surface area (Å²) in [5, 5.41) is 9.84. The number of rotatable bonds is 4. The molecule has 0 aliphatic carbocycles. The summed E-state index contributed by atoms with van der Waals surface area (Å²) in [6.45, 7) is 10.4. The number of amides is 1. The molecule has 1 aliphatic rings. The van der Waals surface area contributed by atoms with Crippen molar-refractivity contribution in [2.75, 3.05) is 26.2 Å². The van der Waals surface area contributed by atoms with Crippen molar-refractivity contribution in [3.63, 3.8) is 0 Å². The number of carbonyl (C=O) groups excluding carboxylic acids is 1. The van der Waals surface area contributed by atoms with E-state index in [2.05, 4.69) is 45.8 Å². The minimum atomic E-state index is 0.0400. The van der Waals surface area contributed by atoms with Crippen molar-refractivity contribution in [2.24, 2.45) is 0 Å². The summed E-state index contributed by atoms with van der Waals surface area (Å²) in [5.41, 5.74) is 0.928. The number of hydrogen-bond acceptors (Lipinski definition) is 6. The standard InChI is InChI=1S/C16H24N6OS/c1-16(2,3)15-19-12(10-24-15)8-14(23)22-6-4-21(5-7-22)9-13-17-11-18-20-13/h10-11H,4-9H2,1-3H3,(H,17,18,20). The van der Waals surface area contributed by atoms with Crippen molar-refractivity contribution in [1.82, 2.24) is 30.0 Å². The fraction of sp³-hybridized carbons (Fsp3) is 0.625. The Hall–Kier alpha value is -1.80. The van der Waals surface area contributed by atoms with E-state index in [0.717, 1.165) is 49.2 Å². The SMILES string of the molecule is CC(C)(C)c1nc(CC(=O)N2CCN(Cc3ncn[nH]3)CC2)cs1. The maximum atomic E-state index is 12.5. The number of carbonyl (C=O) groups is 1. The Morgan fingerprint density at radius 3 is 2.62 bits per heavy atom. The first kappa shape index (κ1) is 17.0. The first-order valence-electron chi connectivity index (χ1n) is 8.21. The molecule has 0 unspecified atom stereocenters. The van der Waals surface area contributed by atoms with Gasteiger partial charge >= 0.3 is 0 Å². The topological polar surface area (TPSA) is 78.0 Å². The van der Waals surface area contributed by atoms with E-state index in [1.165, 1.54) is 6.33 Å². The van der Waals surface area contributed by atoms with E-state index in [0.29, 0.717) is 6.42 Å². The Kier molecular flexibility index (Phi) is 4.96. The summed E-state index contributed by atoms with van der Waals surface area (Å²) in [6.07, 6.45) is 1.92. The van der Waals surface area contributed by atoms with Crippen LogP contribution in [0.3, 0.4) is 0 Å². The lowest BCUT2D eigenvalue weighted by Gasteiger charge is -2.34. The van der Waals surface area contributed by atoms with Crippen LogP contribution in [0.25, 0.3) is 0 Å². The van der Waals surface area contributed by atoms with Crippen molar-refractivity contribution in [2.45, 2.75) is 39.2 Å². The van der Waals surface area contributed by atoms with Crippen LogP contribution in [-0.4, -0.2) is 62.1 Å². The van der Waals surface area contributed by atoms with Gasteiger partial charge in [-0.2, -0.15) is 5.10 Å². The van der Waals surface area contributed by atoms with Crippen LogP contribution < -0.4 is 0 Å². The highest BCUT2D eigenvalue weighted by molar-refractivity contribution is 7.09. The zero-order valence-electron chi connectivity index (χ0n) is 14.4. The van der Waals surface area contributed by atoms with E-state index in [1.54, 1.807) is 11.3 Å². The third kappa shape index (κ3) is 4.18. The van der Waals surface area contributed by atoms with Crippen LogP contribution >= 0.6 is 11.3 Å². The van der Waals surface area contributed by atoms with Gasteiger partial charge in [0.05, 0.1) is 23.7 Å². The Bertz CT molecular complexity index is 667. The third-order valence-electron chi connectivity index (χ3n) is 4.09. The molecule has 3 heterocycles. The lowest BCUT2D eigenvalue weighted by Crippen LogP contribution is -2.48. The molecule has 3 rings (SSSR count). The third-order valence-corrected chi connectivity index (χ3v) is 5.41. The Morgan fingerprint density at radius 2 is 2.04 bits per heavy atom. The van der Waals surface area contributed by atoms with E-state index in [9.17, 15) is 4.79 Å². The summed E-state index contributed by atoms with van der Waals surface area (Å²) >= 11 is 1.64. The van der Waals surface area contributed by atoms with Gasteiger partial charge < -0.3 is 4.90 Å². The molecule has 0 spiro atoms. The van der Waals surface area contributed by atoms with Crippen molar-refractivity contribution in [3.8, 4) is 0 Å². The van der Waals surface area contributed by atoms with Gasteiger partial charge in [0, 0.05) is 37.0 Å². The van der Waals surface area contributed by atoms with Crippen LogP contribution in [0.4, 0.5) is 0 Å². The van der Waals surface area contributed by atoms with Crippen LogP contribution in [0, 0.1) is 0 Å². The molecule has 1 fully saturated rings. The summed E-state index contributed by atoms with van der Waals surface area (Å²) < 4.78 is 0. The second kappa shape index (κ2) is 6.98. The molecule has 1 aliphatic heterocycles. The normalized spacial score (nSPS) is 16.5. The first-order chi connectivity index (χ1) is 11.4. The fourth-order valence-electron chi connectivity index (χ4n) is 2.67. The quantitative estimate of drug-likeness (QED) is 0.905. The molecule has 130 valence electrons. The highest BCUT2D eigenvalue weighted by Gasteiger charge is 2.23. The Morgan fingerprint density at radius 1 is 1.29 bits per heavy atom. The van der Waals surface area contributed by atoms with Crippen LogP contribution in [-0.2, 0) is 23.2 Å². The molecular weight excluding hydrogens is 324 g/mol. The second-order valence-electron chi connectivity index (χ2n) is 7.16. The van der Waals surface area contributed by atoms with E-state index < -0.39 is 0 Å². The number of aromatic nitrogens is 4. The van der Waals surface area contributed by atoms with Crippen LogP contribution in [0.15, 0.2) is 11.7 Å². The van der Waals surface area contributed by atoms with Gasteiger partial charge in [0.1, 0.15) is 12.2 Å². The van der Waals surface area contributed by atoms with Crippen LogP contribution in [0.1, 0.15) is 37.3 Å². The minimum absolute atomic E-state index is 0.0400. The van der Waals surface area contributed by atoms with E-state index in [1.807, 2.05) is 10.3 Å². The molecule has 0 atom stereocenters. The molecule has 0 radical (unpaired) electrons. The number of nitrogens with zero attached hydrogens (tertiary/aromatic N) is 5.